The Balaban J connectivity index is 1.56. The van der Waals surface area contributed by atoms with Gasteiger partial charge in [-0.25, -0.2) is 4.79 Å². The molecular formula is C28H20N2O5. The first-order valence-corrected chi connectivity index (χ1v) is 11.2. The van der Waals surface area contributed by atoms with E-state index in [2.05, 4.69) is 5.32 Å². The van der Waals surface area contributed by atoms with E-state index < -0.39 is 11.7 Å². The molecule has 0 radical (unpaired) electrons. The average molecular weight is 464 g/mol. The Bertz CT molecular complexity index is 1780. The Morgan fingerprint density at radius 3 is 2.66 bits per heavy atom. The lowest BCUT2D eigenvalue weighted by atomic mass is 9.97. The number of hydrogen-bond donors (Lipinski definition) is 2. The van der Waals surface area contributed by atoms with E-state index in [1.165, 1.54) is 6.26 Å². The molecule has 1 aliphatic heterocycles. The minimum atomic E-state index is -0.695. The summed E-state index contributed by atoms with van der Waals surface area (Å²) in [6, 6.07) is 19.0. The van der Waals surface area contributed by atoms with E-state index in [0.717, 1.165) is 5.56 Å². The standard InChI is InChI=1S/C28H20N2O5/c1-15-10-11-23-17(12-15)26(31)18(14-34-23)21-13-22(30-20-8-4-3-7-19(20)29-21)25-27(32)16-6-2-5-9-24(16)35-28(25)33/h2-12,14,21,29,32H,13H2,1H3. The zero-order valence-electron chi connectivity index (χ0n) is 18.7. The van der Waals surface area contributed by atoms with Gasteiger partial charge in [-0.15, -0.1) is 0 Å². The highest BCUT2D eigenvalue weighted by Gasteiger charge is 2.28. The molecule has 0 fully saturated rings. The minimum Gasteiger partial charge on any atom is -0.506 e. The molecule has 0 spiro atoms. The first-order chi connectivity index (χ1) is 17.0. The predicted molar refractivity (Wildman–Crippen MR) is 135 cm³/mol. The molecule has 0 saturated carbocycles. The SMILES string of the molecule is Cc1ccc2occ(C3CC(c4c(O)c5ccccc5oc4=O)=Nc4ccccc4N3)c(=O)c2c1. The monoisotopic (exact) mass is 464 g/mol. The molecule has 0 saturated heterocycles. The van der Waals surface area contributed by atoms with Gasteiger partial charge in [0.2, 0.25) is 0 Å². The second-order valence-corrected chi connectivity index (χ2v) is 8.61. The molecule has 35 heavy (non-hydrogen) atoms. The van der Waals surface area contributed by atoms with E-state index >= 15 is 0 Å². The van der Waals surface area contributed by atoms with Gasteiger partial charge in [-0.1, -0.05) is 35.9 Å². The van der Waals surface area contributed by atoms with Gasteiger partial charge in [0, 0.05) is 6.42 Å². The van der Waals surface area contributed by atoms with Gasteiger partial charge in [-0.3, -0.25) is 9.79 Å². The summed E-state index contributed by atoms with van der Waals surface area (Å²) in [5, 5.41) is 15.3. The Morgan fingerprint density at radius 2 is 1.77 bits per heavy atom. The molecule has 6 rings (SSSR count). The number of para-hydroxylation sites is 3. The van der Waals surface area contributed by atoms with Crippen molar-refractivity contribution in [2.24, 2.45) is 4.99 Å². The van der Waals surface area contributed by atoms with Gasteiger partial charge in [0.1, 0.15) is 28.7 Å². The van der Waals surface area contributed by atoms with Crippen LogP contribution in [0.3, 0.4) is 0 Å². The molecule has 172 valence electrons. The summed E-state index contributed by atoms with van der Waals surface area (Å²) in [6.07, 6.45) is 1.60. The lowest BCUT2D eigenvalue weighted by Crippen LogP contribution is -2.23. The average Bonchev–Trinajstić information content (AvgIpc) is 3.04. The van der Waals surface area contributed by atoms with Crippen molar-refractivity contribution in [1.82, 2.24) is 0 Å². The zero-order chi connectivity index (χ0) is 24.1. The number of nitrogens with one attached hydrogen (secondary N) is 1. The molecule has 1 aliphatic rings. The lowest BCUT2D eigenvalue weighted by molar-refractivity contribution is 0.465. The molecule has 7 nitrogen and oxygen atoms in total. The van der Waals surface area contributed by atoms with Gasteiger partial charge in [-0.2, -0.15) is 0 Å². The van der Waals surface area contributed by atoms with Crippen molar-refractivity contribution in [3.63, 3.8) is 0 Å². The number of aryl methyl sites for hydroxylation is 1. The molecule has 7 heteroatoms. The number of aliphatic imine (C=N–C) groups is 1. The predicted octanol–water partition coefficient (Wildman–Crippen LogP) is 5.59. The number of benzene rings is 3. The van der Waals surface area contributed by atoms with Crippen LogP contribution in [-0.2, 0) is 0 Å². The molecule has 0 amide bonds. The maximum absolute atomic E-state index is 13.5. The quantitative estimate of drug-likeness (QED) is 0.330. The van der Waals surface area contributed by atoms with Gasteiger partial charge in [0.25, 0.3) is 0 Å². The second kappa shape index (κ2) is 7.99. The Kier molecular flexibility index (Phi) is 4.77. The van der Waals surface area contributed by atoms with Crippen molar-refractivity contribution in [3.8, 4) is 5.75 Å². The number of nitrogens with zero attached hydrogens (tertiary/aromatic N) is 1. The topological polar surface area (TPSA) is 105 Å². The first-order valence-electron chi connectivity index (χ1n) is 11.2. The number of hydrogen-bond acceptors (Lipinski definition) is 7. The third-order valence-corrected chi connectivity index (χ3v) is 6.29. The van der Waals surface area contributed by atoms with Crippen molar-refractivity contribution in [2.75, 3.05) is 5.32 Å². The fourth-order valence-corrected chi connectivity index (χ4v) is 4.55. The van der Waals surface area contributed by atoms with Crippen LogP contribution in [0.5, 0.6) is 5.75 Å². The number of rotatable bonds is 2. The van der Waals surface area contributed by atoms with Crippen LogP contribution in [0.2, 0.25) is 0 Å². The van der Waals surface area contributed by atoms with Gasteiger partial charge in [-0.05, 0) is 43.3 Å². The van der Waals surface area contributed by atoms with E-state index in [0.29, 0.717) is 39.0 Å². The van der Waals surface area contributed by atoms with Crippen LogP contribution in [0.4, 0.5) is 11.4 Å². The van der Waals surface area contributed by atoms with Crippen LogP contribution < -0.4 is 16.4 Å². The van der Waals surface area contributed by atoms with Crippen molar-refractivity contribution in [1.29, 1.82) is 0 Å². The minimum absolute atomic E-state index is 0.0202. The fourth-order valence-electron chi connectivity index (χ4n) is 4.55. The van der Waals surface area contributed by atoms with E-state index in [-0.39, 0.29) is 28.7 Å². The first kappa shape index (κ1) is 20.9. The van der Waals surface area contributed by atoms with Crippen LogP contribution in [-0.4, -0.2) is 10.8 Å². The maximum atomic E-state index is 13.5. The van der Waals surface area contributed by atoms with Crippen molar-refractivity contribution in [2.45, 2.75) is 19.4 Å². The van der Waals surface area contributed by atoms with E-state index in [9.17, 15) is 14.7 Å². The van der Waals surface area contributed by atoms with E-state index in [1.807, 2.05) is 31.2 Å². The summed E-state index contributed by atoms with van der Waals surface area (Å²) < 4.78 is 11.3. The number of aromatic hydroxyl groups is 1. The summed E-state index contributed by atoms with van der Waals surface area (Å²) in [5.41, 5.74) is 2.84. The van der Waals surface area contributed by atoms with Crippen LogP contribution in [0.25, 0.3) is 21.9 Å². The van der Waals surface area contributed by atoms with E-state index in [4.69, 9.17) is 13.8 Å². The smallest absolute Gasteiger partial charge is 0.349 e. The third-order valence-electron chi connectivity index (χ3n) is 6.29. The summed E-state index contributed by atoms with van der Waals surface area (Å²) in [4.78, 5) is 31.2. The molecule has 1 atom stereocenters. The lowest BCUT2D eigenvalue weighted by Gasteiger charge is -2.18. The maximum Gasteiger partial charge on any atom is 0.349 e. The summed E-state index contributed by atoms with van der Waals surface area (Å²) >= 11 is 0. The number of anilines is 1. The molecule has 1 unspecified atom stereocenters. The van der Waals surface area contributed by atoms with Gasteiger partial charge in [0.05, 0.1) is 39.5 Å². The molecule has 0 aliphatic carbocycles. The van der Waals surface area contributed by atoms with Crippen LogP contribution in [0.15, 0.2) is 96.4 Å². The molecule has 5 aromatic rings. The summed E-state index contributed by atoms with van der Waals surface area (Å²) in [6.45, 7) is 1.91. The van der Waals surface area contributed by atoms with Crippen LogP contribution in [0, 0.1) is 6.92 Å². The molecular weight excluding hydrogens is 444 g/mol. The highest BCUT2D eigenvalue weighted by Crippen LogP contribution is 2.37. The van der Waals surface area contributed by atoms with Crippen LogP contribution in [0.1, 0.15) is 29.2 Å². The third kappa shape index (κ3) is 3.49. The van der Waals surface area contributed by atoms with Gasteiger partial charge < -0.3 is 19.3 Å². The van der Waals surface area contributed by atoms with Gasteiger partial charge in [0.15, 0.2) is 5.43 Å². The highest BCUT2D eigenvalue weighted by atomic mass is 16.4. The van der Waals surface area contributed by atoms with E-state index in [1.54, 1.807) is 42.5 Å². The largest absolute Gasteiger partial charge is 0.506 e. The molecule has 3 heterocycles. The van der Waals surface area contributed by atoms with Crippen molar-refractivity contribution >= 4 is 39.0 Å². The fraction of sp³-hybridized carbons (Fsp3) is 0.107. The summed E-state index contributed by atoms with van der Waals surface area (Å²) in [7, 11) is 0. The second-order valence-electron chi connectivity index (χ2n) is 8.61. The highest BCUT2D eigenvalue weighted by molar-refractivity contribution is 6.08. The Labute approximate surface area is 199 Å². The van der Waals surface area contributed by atoms with Gasteiger partial charge >= 0.3 is 5.63 Å². The normalized spacial score (nSPS) is 15.3. The summed E-state index contributed by atoms with van der Waals surface area (Å²) in [5.74, 6) is -0.199. The van der Waals surface area contributed by atoms with Crippen LogP contribution >= 0.6 is 0 Å². The van der Waals surface area contributed by atoms with Crippen molar-refractivity contribution in [3.05, 3.63) is 110 Å². The zero-order valence-corrected chi connectivity index (χ0v) is 18.7. The molecule has 3 aromatic carbocycles. The Morgan fingerprint density at radius 1 is 0.971 bits per heavy atom. The molecule has 2 aromatic heterocycles. The number of fused-ring (bicyclic) bond motifs is 3. The Hall–Kier alpha value is -4.65. The molecule has 2 N–H and O–H groups in total. The van der Waals surface area contributed by atoms with Crippen molar-refractivity contribution < 1.29 is 13.9 Å². The molecule has 0 bridgehead atoms.